The molecule has 0 radical (unpaired) electrons. The van der Waals surface area contributed by atoms with Crippen LogP contribution in [0.15, 0.2) is 22.3 Å². The molecule has 0 spiro atoms. The average molecular weight is 457 g/mol. The maximum atomic E-state index is 12.7. The summed E-state index contributed by atoms with van der Waals surface area (Å²) in [7, 11) is 0. The number of nitrogens with zero attached hydrogens (tertiary/aromatic N) is 2. The fourth-order valence-electron chi connectivity index (χ4n) is 4.80. The third-order valence-electron chi connectivity index (χ3n) is 6.41. The molecule has 3 aromatic rings. The van der Waals surface area contributed by atoms with Crippen LogP contribution < -0.4 is 10.9 Å². The second-order valence-corrected chi connectivity index (χ2v) is 10.5. The van der Waals surface area contributed by atoms with Crippen molar-refractivity contribution in [3.05, 3.63) is 49.0 Å². The Morgan fingerprint density at radius 1 is 1.23 bits per heavy atom. The number of hydrogen-bond acceptors (Lipinski definition) is 6. The van der Waals surface area contributed by atoms with Crippen LogP contribution in [0.4, 0.5) is 0 Å². The summed E-state index contributed by atoms with van der Waals surface area (Å²) < 4.78 is 0. The highest BCUT2D eigenvalue weighted by molar-refractivity contribution is 7.18. The van der Waals surface area contributed by atoms with Gasteiger partial charge in [-0.05, 0) is 68.6 Å². The van der Waals surface area contributed by atoms with E-state index < -0.39 is 0 Å². The Morgan fingerprint density at radius 2 is 2.06 bits per heavy atom. The maximum Gasteiger partial charge on any atom is 0.259 e. The van der Waals surface area contributed by atoms with Crippen LogP contribution in [0.25, 0.3) is 10.2 Å². The van der Waals surface area contributed by atoms with Gasteiger partial charge in [0.1, 0.15) is 10.7 Å². The Kier molecular flexibility index (Phi) is 6.20. The first-order valence-corrected chi connectivity index (χ1v) is 13.0. The highest BCUT2D eigenvalue weighted by atomic mass is 32.1. The normalized spacial score (nSPS) is 17.7. The third-order valence-corrected chi connectivity index (χ3v) is 8.57. The standard InChI is InChI=1S/C23H28N4O2S2/c28-20(24-14-16(18-8-5-13-30-18)27-11-3-4-12-27)10-9-19-25-22(29)21-15-6-1-2-7-17(15)31-23(21)26-19/h5,8,13,16H,1-4,6-7,9-12,14H2,(H,24,28)(H,25,26,29). The molecule has 6 nitrogen and oxygen atoms in total. The molecule has 1 atom stereocenters. The Bertz CT molecular complexity index is 1110. The van der Waals surface area contributed by atoms with Crippen molar-refractivity contribution in [3.63, 3.8) is 0 Å². The van der Waals surface area contributed by atoms with Gasteiger partial charge in [-0.3, -0.25) is 14.5 Å². The van der Waals surface area contributed by atoms with Crippen LogP contribution in [0, 0.1) is 0 Å². The number of nitrogens with one attached hydrogen (secondary N) is 2. The number of fused-ring (bicyclic) bond motifs is 3. The number of hydrogen-bond donors (Lipinski definition) is 2. The number of amides is 1. The van der Waals surface area contributed by atoms with Gasteiger partial charge in [0, 0.05) is 29.1 Å². The van der Waals surface area contributed by atoms with Crippen LogP contribution in [-0.2, 0) is 24.1 Å². The molecule has 8 heteroatoms. The van der Waals surface area contributed by atoms with Crippen molar-refractivity contribution in [2.75, 3.05) is 19.6 Å². The van der Waals surface area contributed by atoms with Crippen molar-refractivity contribution in [2.24, 2.45) is 0 Å². The second kappa shape index (κ2) is 9.22. The van der Waals surface area contributed by atoms with Crippen LogP contribution >= 0.6 is 22.7 Å². The van der Waals surface area contributed by atoms with E-state index in [2.05, 4.69) is 37.7 Å². The number of carbonyl (C=O) groups is 1. The minimum Gasteiger partial charge on any atom is -0.354 e. The topological polar surface area (TPSA) is 78.1 Å². The van der Waals surface area contributed by atoms with Crippen molar-refractivity contribution < 1.29 is 4.79 Å². The summed E-state index contributed by atoms with van der Waals surface area (Å²) in [6.45, 7) is 2.81. The van der Waals surface area contributed by atoms with E-state index in [1.807, 2.05) is 0 Å². The minimum absolute atomic E-state index is 0.00831. The first-order chi connectivity index (χ1) is 15.2. The highest BCUT2D eigenvalue weighted by Gasteiger charge is 2.25. The molecule has 1 aliphatic carbocycles. The lowest BCUT2D eigenvalue weighted by molar-refractivity contribution is -0.121. The summed E-state index contributed by atoms with van der Waals surface area (Å²) in [5, 5.41) is 5.99. The molecule has 1 unspecified atom stereocenters. The van der Waals surface area contributed by atoms with E-state index >= 15 is 0 Å². The van der Waals surface area contributed by atoms with Gasteiger partial charge in [-0.15, -0.1) is 22.7 Å². The smallest absolute Gasteiger partial charge is 0.259 e. The number of aryl methyl sites for hydroxylation is 3. The number of H-pyrrole nitrogens is 1. The molecule has 31 heavy (non-hydrogen) atoms. The van der Waals surface area contributed by atoms with Gasteiger partial charge in [0.25, 0.3) is 5.56 Å². The van der Waals surface area contributed by atoms with Gasteiger partial charge >= 0.3 is 0 Å². The van der Waals surface area contributed by atoms with Crippen LogP contribution in [-0.4, -0.2) is 40.4 Å². The van der Waals surface area contributed by atoms with Crippen LogP contribution in [0.2, 0.25) is 0 Å². The third kappa shape index (κ3) is 4.47. The zero-order valence-corrected chi connectivity index (χ0v) is 19.2. The monoisotopic (exact) mass is 456 g/mol. The van der Waals surface area contributed by atoms with E-state index in [1.165, 1.54) is 34.6 Å². The molecule has 5 rings (SSSR count). The van der Waals surface area contributed by atoms with E-state index in [-0.39, 0.29) is 17.5 Å². The highest BCUT2D eigenvalue weighted by Crippen LogP contribution is 2.33. The lowest BCUT2D eigenvalue weighted by atomic mass is 9.97. The largest absolute Gasteiger partial charge is 0.354 e. The number of aromatic nitrogens is 2. The van der Waals surface area contributed by atoms with Gasteiger partial charge in [-0.2, -0.15) is 0 Å². The van der Waals surface area contributed by atoms with Crippen LogP contribution in [0.1, 0.15) is 59.3 Å². The maximum absolute atomic E-state index is 12.7. The first kappa shape index (κ1) is 20.8. The Morgan fingerprint density at radius 3 is 2.87 bits per heavy atom. The quantitative estimate of drug-likeness (QED) is 0.567. The number of rotatable bonds is 7. The van der Waals surface area contributed by atoms with Crippen molar-refractivity contribution >= 4 is 38.8 Å². The van der Waals surface area contributed by atoms with Crippen molar-refractivity contribution in [1.29, 1.82) is 0 Å². The minimum atomic E-state index is -0.0494. The molecule has 4 heterocycles. The molecule has 1 saturated heterocycles. The van der Waals surface area contributed by atoms with Gasteiger partial charge in [-0.1, -0.05) is 6.07 Å². The average Bonchev–Trinajstić information content (AvgIpc) is 3.53. The van der Waals surface area contributed by atoms with Crippen molar-refractivity contribution in [2.45, 2.75) is 57.4 Å². The molecule has 2 N–H and O–H groups in total. The number of likely N-dealkylation sites (tertiary alicyclic amines) is 1. The molecule has 3 aromatic heterocycles. The molecular formula is C23H28N4O2S2. The number of aromatic amines is 1. The molecule has 0 aromatic carbocycles. The summed E-state index contributed by atoms with van der Waals surface area (Å²) in [6, 6.07) is 4.48. The molecule has 1 fully saturated rings. The fraction of sp³-hybridized carbons (Fsp3) is 0.522. The molecule has 0 bridgehead atoms. The summed E-state index contributed by atoms with van der Waals surface area (Å²) in [6.07, 6.45) is 7.59. The fourth-order valence-corrected chi connectivity index (χ4v) is 6.94. The first-order valence-electron chi connectivity index (χ1n) is 11.3. The summed E-state index contributed by atoms with van der Waals surface area (Å²) in [5.41, 5.74) is 1.15. The van der Waals surface area contributed by atoms with E-state index in [0.29, 0.717) is 25.2 Å². The molecular weight excluding hydrogens is 428 g/mol. The van der Waals surface area contributed by atoms with Crippen molar-refractivity contribution in [3.8, 4) is 0 Å². The lowest BCUT2D eigenvalue weighted by Crippen LogP contribution is -2.36. The Labute approximate surface area is 189 Å². The summed E-state index contributed by atoms with van der Waals surface area (Å²) in [4.78, 5) is 38.8. The van der Waals surface area contributed by atoms with Crippen LogP contribution in [0.3, 0.4) is 0 Å². The molecule has 0 saturated carbocycles. The van der Waals surface area contributed by atoms with E-state index in [0.717, 1.165) is 42.6 Å². The molecule has 1 aliphatic heterocycles. The lowest BCUT2D eigenvalue weighted by Gasteiger charge is -2.26. The SMILES string of the molecule is O=C(CCc1nc2sc3c(c2c(=O)[nH]1)CCCC3)NCC(c1cccs1)N1CCCC1. The van der Waals surface area contributed by atoms with Gasteiger partial charge < -0.3 is 10.3 Å². The van der Waals surface area contributed by atoms with Gasteiger partial charge in [0.2, 0.25) is 5.91 Å². The van der Waals surface area contributed by atoms with E-state index in [1.54, 1.807) is 22.7 Å². The van der Waals surface area contributed by atoms with Gasteiger partial charge in [0.15, 0.2) is 0 Å². The van der Waals surface area contributed by atoms with E-state index in [4.69, 9.17) is 0 Å². The Hall–Kier alpha value is -2.03. The number of thiophene rings is 2. The predicted molar refractivity (Wildman–Crippen MR) is 126 cm³/mol. The summed E-state index contributed by atoms with van der Waals surface area (Å²) in [5.74, 6) is 0.620. The second-order valence-electron chi connectivity index (χ2n) is 8.48. The zero-order chi connectivity index (χ0) is 21.2. The van der Waals surface area contributed by atoms with Crippen LogP contribution in [0.5, 0.6) is 0 Å². The number of carbonyl (C=O) groups excluding carboxylic acids is 1. The van der Waals surface area contributed by atoms with Gasteiger partial charge in [-0.25, -0.2) is 4.98 Å². The molecule has 164 valence electrons. The zero-order valence-electron chi connectivity index (χ0n) is 17.6. The van der Waals surface area contributed by atoms with Gasteiger partial charge in [0.05, 0.1) is 11.4 Å². The van der Waals surface area contributed by atoms with E-state index in [9.17, 15) is 9.59 Å². The molecule has 2 aliphatic rings. The Balaban J connectivity index is 1.22. The predicted octanol–water partition coefficient (Wildman–Crippen LogP) is 3.81. The summed E-state index contributed by atoms with van der Waals surface area (Å²) >= 11 is 3.41. The van der Waals surface area contributed by atoms with Crippen molar-refractivity contribution in [1.82, 2.24) is 20.2 Å². The molecule has 1 amide bonds.